The van der Waals surface area contributed by atoms with Crippen LogP contribution in [0.25, 0.3) is 11.1 Å². The van der Waals surface area contributed by atoms with Crippen LogP contribution in [0.4, 0.5) is 11.4 Å². The molecule has 148 valence electrons. The van der Waals surface area contributed by atoms with E-state index in [2.05, 4.69) is 34.0 Å². The zero-order valence-electron chi connectivity index (χ0n) is 16.7. The second-order valence-corrected chi connectivity index (χ2v) is 7.57. The Morgan fingerprint density at radius 3 is 2.41 bits per heavy atom. The lowest BCUT2D eigenvalue weighted by Gasteiger charge is -2.33. The van der Waals surface area contributed by atoms with Crippen LogP contribution in [0.15, 0.2) is 66.9 Å². The molecule has 1 aromatic heterocycles. The number of pyridine rings is 1. The molecule has 0 saturated carbocycles. The number of likely N-dealkylation sites (N-methyl/N-ethyl adjacent to an activating group) is 1. The van der Waals surface area contributed by atoms with Crippen LogP contribution in [-0.2, 0) is 6.42 Å². The van der Waals surface area contributed by atoms with Gasteiger partial charge in [0.05, 0.1) is 11.9 Å². The van der Waals surface area contributed by atoms with Gasteiger partial charge in [-0.3, -0.25) is 9.78 Å². The van der Waals surface area contributed by atoms with Crippen LogP contribution in [0, 0.1) is 0 Å². The highest BCUT2D eigenvalue weighted by Crippen LogP contribution is 2.25. The van der Waals surface area contributed by atoms with Gasteiger partial charge in [0.25, 0.3) is 0 Å². The number of hydrogen-bond donors (Lipinski definition) is 1. The predicted molar refractivity (Wildman–Crippen MR) is 118 cm³/mol. The molecule has 5 nitrogen and oxygen atoms in total. The summed E-state index contributed by atoms with van der Waals surface area (Å²) in [6, 6.07) is 19.8. The van der Waals surface area contributed by atoms with Crippen molar-refractivity contribution in [3.8, 4) is 11.1 Å². The molecule has 0 radical (unpaired) electrons. The van der Waals surface area contributed by atoms with Crippen LogP contribution < -0.4 is 10.6 Å². The Morgan fingerprint density at radius 2 is 1.72 bits per heavy atom. The zero-order valence-corrected chi connectivity index (χ0v) is 16.7. The maximum atomic E-state index is 12.8. The van der Waals surface area contributed by atoms with E-state index >= 15 is 0 Å². The molecule has 1 saturated heterocycles. The van der Waals surface area contributed by atoms with Gasteiger partial charge in [-0.2, -0.15) is 0 Å². The van der Waals surface area contributed by atoms with Crippen molar-refractivity contribution in [2.24, 2.45) is 0 Å². The van der Waals surface area contributed by atoms with Gasteiger partial charge < -0.3 is 15.5 Å². The molecule has 1 fully saturated rings. The smallest absolute Gasteiger partial charge is 0.185 e. The fourth-order valence-corrected chi connectivity index (χ4v) is 3.64. The Hall–Kier alpha value is -3.18. The number of Topliss-reactive ketones (excluding diaryl/α,β-unsaturated/α-hetero) is 1. The minimum absolute atomic E-state index is 0.0214. The first kappa shape index (κ1) is 19.2. The Morgan fingerprint density at radius 1 is 0.966 bits per heavy atom. The Labute approximate surface area is 171 Å². The van der Waals surface area contributed by atoms with E-state index in [-0.39, 0.29) is 12.2 Å². The minimum atomic E-state index is -0.0214. The highest BCUT2D eigenvalue weighted by molar-refractivity contribution is 5.96. The van der Waals surface area contributed by atoms with Crippen molar-refractivity contribution >= 4 is 17.2 Å². The van der Waals surface area contributed by atoms with Crippen molar-refractivity contribution in [2.45, 2.75) is 6.42 Å². The molecule has 29 heavy (non-hydrogen) atoms. The number of rotatable bonds is 5. The molecule has 0 spiro atoms. The number of hydrogen-bond acceptors (Lipinski definition) is 5. The van der Waals surface area contributed by atoms with Gasteiger partial charge in [-0.1, -0.05) is 36.4 Å². The quantitative estimate of drug-likeness (QED) is 0.537. The van der Waals surface area contributed by atoms with E-state index in [9.17, 15) is 4.79 Å². The normalized spacial score (nSPS) is 14.7. The average molecular weight is 386 g/mol. The van der Waals surface area contributed by atoms with Gasteiger partial charge in [-0.25, -0.2) is 0 Å². The summed E-state index contributed by atoms with van der Waals surface area (Å²) in [7, 11) is 2.13. The summed E-state index contributed by atoms with van der Waals surface area (Å²) in [5.41, 5.74) is 11.3. The summed E-state index contributed by atoms with van der Waals surface area (Å²) in [5.74, 6) is -0.0214. The third-order valence-corrected chi connectivity index (χ3v) is 5.50. The number of carbonyl (C=O) groups is 1. The van der Waals surface area contributed by atoms with Crippen LogP contribution in [0.2, 0.25) is 0 Å². The van der Waals surface area contributed by atoms with Gasteiger partial charge in [0.1, 0.15) is 5.69 Å². The topological polar surface area (TPSA) is 62.5 Å². The molecule has 4 rings (SSSR count). The van der Waals surface area contributed by atoms with Crippen molar-refractivity contribution in [2.75, 3.05) is 43.9 Å². The van der Waals surface area contributed by atoms with E-state index in [1.54, 1.807) is 0 Å². The Kier molecular flexibility index (Phi) is 5.58. The monoisotopic (exact) mass is 386 g/mol. The largest absolute Gasteiger partial charge is 0.398 e. The molecular formula is C24H26N4O. The molecule has 0 aliphatic carbocycles. The molecule has 0 unspecified atom stereocenters. The molecular weight excluding hydrogens is 360 g/mol. The van der Waals surface area contributed by atoms with Crippen LogP contribution in [-0.4, -0.2) is 48.9 Å². The van der Waals surface area contributed by atoms with Crippen molar-refractivity contribution < 1.29 is 4.79 Å². The third-order valence-electron chi connectivity index (χ3n) is 5.50. The number of anilines is 2. The van der Waals surface area contributed by atoms with Gasteiger partial charge in [0, 0.05) is 38.3 Å². The molecule has 3 aromatic rings. The van der Waals surface area contributed by atoms with Crippen LogP contribution in [0.5, 0.6) is 0 Å². The van der Waals surface area contributed by atoms with E-state index in [1.165, 1.54) is 0 Å². The molecule has 2 heterocycles. The van der Waals surface area contributed by atoms with Crippen LogP contribution in [0.1, 0.15) is 16.1 Å². The molecule has 2 aromatic carbocycles. The lowest BCUT2D eigenvalue weighted by molar-refractivity contribution is 0.0988. The van der Waals surface area contributed by atoms with Gasteiger partial charge >= 0.3 is 0 Å². The summed E-state index contributed by atoms with van der Waals surface area (Å²) in [4.78, 5) is 21.9. The van der Waals surface area contributed by atoms with Crippen molar-refractivity contribution in [3.05, 3.63) is 78.1 Å². The predicted octanol–water partition coefficient (Wildman–Crippen LogP) is 3.51. The molecule has 0 amide bonds. The molecule has 5 heteroatoms. The number of ketones is 1. The van der Waals surface area contributed by atoms with E-state index in [0.717, 1.165) is 48.6 Å². The second kappa shape index (κ2) is 8.45. The fraction of sp³-hybridized carbons (Fsp3) is 0.250. The summed E-state index contributed by atoms with van der Waals surface area (Å²) in [6.07, 6.45) is 2.05. The van der Waals surface area contributed by atoms with Gasteiger partial charge in [-0.05, 0) is 48.0 Å². The summed E-state index contributed by atoms with van der Waals surface area (Å²) >= 11 is 0. The van der Waals surface area contributed by atoms with Gasteiger partial charge in [0.2, 0.25) is 0 Å². The molecule has 0 bridgehead atoms. The van der Waals surface area contributed by atoms with Crippen molar-refractivity contribution in [1.82, 2.24) is 9.88 Å². The van der Waals surface area contributed by atoms with E-state index in [4.69, 9.17) is 5.73 Å². The SMILES string of the molecule is CN1CCN(c2ccc(C(=O)Cc3cc(-c4ccccc4)ccc3N)nc2)CC1. The minimum Gasteiger partial charge on any atom is -0.398 e. The lowest BCUT2D eigenvalue weighted by Crippen LogP contribution is -2.44. The number of piperazine rings is 1. The Balaban J connectivity index is 1.48. The fourth-order valence-electron chi connectivity index (χ4n) is 3.64. The zero-order chi connectivity index (χ0) is 20.2. The first-order chi connectivity index (χ1) is 14.1. The van der Waals surface area contributed by atoms with E-state index in [0.29, 0.717) is 11.4 Å². The number of nitrogens with zero attached hydrogens (tertiary/aromatic N) is 3. The number of nitrogens with two attached hydrogens (primary N) is 1. The number of carbonyl (C=O) groups excluding carboxylic acids is 1. The summed E-state index contributed by atoms with van der Waals surface area (Å²) in [5, 5.41) is 0. The number of nitrogen functional groups attached to an aromatic ring is 1. The first-order valence-corrected chi connectivity index (χ1v) is 9.97. The average Bonchev–Trinajstić information content (AvgIpc) is 2.76. The second-order valence-electron chi connectivity index (χ2n) is 7.57. The van der Waals surface area contributed by atoms with Gasteiger partial charge in [-0.15, -0.1) is 0 Å². The highest BCUT2D eigenvalue weighted by Gasteiger charge is 2.16. The van der Waals surface area contributed by atoms with E-state index < -0.39 is 0 Å². The molecule has 2 N–H and O–H groups in total. The van der Waals surface area contributed by atoms with Gasteiger partial charge in [0.15, 0.2) is 5.78 Å². The molecule has 1 aliphatic heterocycles. The Bertz CT molecular complexity index is 978. The highest BCUT2D eigenvalue weighted by atomic mass is 16.1. The molecule has 1 aliphatic rings. The summed E-state index contributed by atoms with van der Waals surface area (Å²) in [6.45, 7) is 4.04. The maximum Gasteiger partial charge on any atom is 0.185 e. The van der Waals surface area contributed by atoms with Crippen LogP contribution in [0.3, 0.4) is 0 Å². The maximum absolute atomic E-state index is 12.8. The molecule has 0 atom stereocenters. The standard InChI is InChI=1S/C24H26N4O/c1-27-11-13-28(14-12-27)21-8-10-23(26-17-21)24(29)16-20-15-19(7-9-22(20)25)18-5-3-2-4-6-18/h2-10,15,17H,11-14,16,25H2,1H3. The lowest BCUT2D eigenvalue weighted by atomic mass is 9.98. The summed E-state index contributed by atoms with van der Waals surface area (Å²) < 4.78 is 0. The number of benzene rings is 2. The van der Waals surface area contributed by atoms with E-state index in [1.807, 2.05) is 54.7 Å². The number of aromatic nitrogens is 1. The first-order valence-electron chi connectivity index (χ1n) is 9.97. The third kappa shape index (κ3) is 4.46. The van der Waals surface area contributed by atoms with Crippen LogP contribution >= 0.6 is 0 Å². The van der Waals surface area contributed by atoms with Crippen molar-refractivity contribution in [1.29, 1.82) is 0 Å². The van der Waals surface area contributed by atoms with Crippen molar-refractivity contribution in [3.63, 3.8) is 0 Å².